The van der Waals surface area contributed by atoms with E-state index in [-0.39, 0.29) is 5.91 Å². The van der Waals surface area contributed by atoms with Crippen molar-refractivity contribution in [1.82, 2.24) is 20.2 Å². The van der Waals surface area contributed by atoms with Gasteiger partial charge in [0.15, 0.2) is 0 Å². The summed E-state index contributed by atoms with van der Waals surface area (Å²) in [7, 11) is 1.67. The predicted octanol–water partition coefficient (Wildman–Crippen LogP) is 1.64. The second kappa shape index (κ2) is 8.82. The average Bonchev–Trinajstić information content (AvgIpc) is 2.68. The highest BCUT2D eigenvalue weighted by Gasteiger charge is 2.20. The van der Waals surface area contributed by atoms with Crippen LogP contribution in [0, 0.1) is 0 Å². The molecule has 25 heavy (non-hydrogen) atoms. The molecular weight excluding hydrogens is 334 g/mol. The number of anilines is 1. The Morgan fingerprint density at radius 2 is 1.92 bits per heavy atom. The predicted molar refractivity (Wildman–Crippen MR) is 101 cm³/mol. The number of amides is 1. The lowest BCUT2D eigenvalue weighted by molar-refractivity contribution is -0.121. The zero-order valence-corrected chi connectivity index (χ0v) is 15.2. The van der Waals surface area contributed by atoms with Crippen LogP contribution in [0.15, 0.2) is 47.8 Å². The summed E-state index contributed by atoms with van der Waals surface area (Å²) in [5, 5.41) is 3.61. The summed E-state index contributed by atoms with van der Waals surface area (Å²) in [6.07, 6.45) is 3.64. The van der Waals surface area contributed by atoms with Crippen molar-refractivity contribution in [2.24, 2.45) is 0 Å². The van der Waals surface area contributed by atoms with Crippen LogP contribution in [0.1, 0.15) is 5.56 Å². The average molecular weight is 357 g/mol. The normalized spacial score (nSPS) is 15.2. The number of nitrogens with one attached hydrogen (secondary N) is 1. The third kappa shape index (κ3) is 5.17. The maximum absolute atomic E-state index is 11.5. The monoisotopic (exact) mass is 357 g/mol. The third-order valence-corrected chi connectivity index (χ3v) is 5.14. The van der Waals surface area contributed by atoms with E-state index < -0.39 is 0 Å². The van der Waals surface area contributed by atoms with Crippen molar-refractivity contribution in [2.75, 3.05) is 44.7 Å². The van der Waals surface area contributed by atoms with E-state index in [2.05, 4.69) is 44.4 Å². The molecule has 1 amide bonds. The van der Waals surface area contributed by atoms with Crippen LogP contribution in [0.4, 0.5) is 5.82 Å². The SMILES string of the molecule is CNC(=O)CN1CCN(c2cncc(SCc3ccccc3)n2)CC1. The Labute approximate surface area is 152 Å². The molecule has 7 heteroatoms. The molecule has 1 fully saturated rings. The molecule has 0 unspecified atom stereocenters. The van der Waals surface area contributed by atoms with Gasteiger partial charge in [0.25, 0.3) is 0 Å². The number of aromatic nitrogens is 2. The van der Waals surface area contributed by atoms with Gasteiger partial charge in [-0.2, -0.15) is 0 Å². The van der Waals surface area contributed by atoms with Crippen molar-refractivity contribution in [1.29, 1.82) is 0 Å². The van der Waals surface area contributed by atoms with Gasteiger partial charge in [-0.15, -0.1) is 11.8 Å². The number of benzene rings is 1. The number of carbonyl (C=O) groups excluding carboxylic acids is 1. The fourth-order valence-corrected chi connectivity index (χ4v) is 3.51. The first-order valence-electron chi connectivity index (χ1n) is 8.41. The second-order valence-electron chi connectivity index (χ2n) is 5.93. The zero-order valence-electron chi connectivity index (χ0n) is 14.4. The smallest absolute Gasteiger partial charge is 0.233 e. The molecule has 0 saturated carbocycles. The van der Waals surface area contributed by atoms with Gasteiger partial charge in [-0.3, -0.25) is 14.7 Å². The largest absolute Gasteiger partial charge is 0.358 e. The van der Waals surface area contributed by atoms with E-state index in [0.717, 1.165) is 42.8 Å². The number of hydrogen-bond donors (Lipinski definition) is 1. The van der Waals surface area contributed by atoms with Crippen LogP contribution in [-0.2, 0) is 10.5 Å². The third-order valence-electron chi connectivity index (χ3n) is 4.17. The first-order chi connectivity index (χ1) is 12.2. The highest BCUT2D eigenvalue weighted by molar-refractivity contribution is 7.98. The van der Waals surface area contributed by atoms with Gasteiger partial charge in [-0.05, 0) is 5.56 Å². The van der Waals surface area contributed by atoms with Gasteiger partial charge in [0.2, 0.25) is 5.91 Å². The van der Waals surface area contributed by atoms with Crippen LogP contribution >= 0.6 is 11.8 Å². The Kier molecular flexibility index (Phi) is 6.25. The number of carbonyl (C=O) groups is 1. The summed E-state index contributed by atoms with van der Waals surface area (Å²) in [6, 6.07) is 10.4. The van der Waals surface area contributed by atoms with E-state index in [4.69, 9.17) is 4.98 Å². The Balaban J connectivity index is 1.54. The number of hydrogen-bond acceptors (Lipinski definition) is 6. The van der Waals surface area contributed by atoms with Crippen LogP contribution in [0.25, 0.3) is 0 Å². The molecule has 1 aliphatic heterocycles. The molecule has 1 N–H and O–H groups in total. The van der Waals surface area contributed by atoms with Crippen molar-refractivity contribution in [2.45, 2.75) is 10.8 Å². The maximum atomic E-state index is 11.5. The summed E-state index contributed by atoms with van der Waals surface area (Å²) >= 11 is 1.70. The Morgan fingerprint density at radius 3 is 2.64 bits per heavy atom. The molecule has 0 atom stereocenters. The quantitative estimate of drug-likeness (QED) is 0.793. The Bertz CT molecular complexity index is 689. The topological polar surface area (TPSA) is 61.4 Å². The molecule has 0 aliphatic carbocycles. The van der Waals surface area contributed by atoms with Crippen LogP contribution in [-0.4, -0.2) is 60.5 Å². The number of likely N-dealkylation sites (N-methyl/N-ethyl adjacent to an activating group) is 1. The van der Waals surface area contributed by atoms with E-state index in [9.17, 15) is 4.79 Å². The zero-order chi connectivity index (χ0) is 17.5. The maximum Gasteiger partial charge on any atom is 0.233 e. The lowest BCUT2D eigenvalue weighted by atomic mass is 10.2. The van der Waals surface area contributed by atoms with E-state index >= 15 is 0 Å². The Morgan fingerprint density at radius 1 is 1.16 bits per heavy atom. The lowest BCUT2D eigenvalue weighted by Crippen LogP contribution is -2.49. The van der Waals surface area contributed by atoms with Crippen LogP contribution in [0.3, 0.4) is 0 Å². The summed E-state index contributed by atoms with van der Waals surface area (Å²) in [5.41, 5.74) is 1.28. The van der Waals surface area contributed by atoms with E-state index in [1.165, 1.54) is 5.56 Å². The van der Waals surface area contributed by atoms with E-state index in [1.807, 2.05) is 18.5 Å². The van der Waals surface area contributed by atoms with Crippen molar-refractivity contribution in [3.8, 4) is 0 Å². The summed E-state index contributed by atoms with van der Waals surface area (Å²) in [6.45, 7) is 3.90. The van der Waals surface area contributed by atoms with Gasteiger partial charge in [0.05, 0.1) is 18.9 Å². The number of rotatable bonds is 6. The van der Waals surface area contributed by atoms with Crippen LogP contribution in [0.2, 0.25) is 0 Å². The molecule has 6 nitrogen and oxygen atoms in total. The number of piperazine rings is 1. The molecule has 1 aromatic heterocycles. The molecule has 0 bridgehead atoms. The standard InChI is InChI=1S/C18H23N5OS/c1-19-17(24)13-22-7-9-23(10-8-22)16-11-20-12-18(21-16)25-14-15-5-3-2-4-6-15/h2-6,11-12H,7-10,13-14H2,1H3,(H,19,24). The van der Waals surface area contributed by atoms with Crippen molar-refractivity contribution in [3.63, 3.8) is 0 Å². The minimum absolute atomic E-state index is 0.0625. The van der Waals surface area contributed by atoms with Crippen molar-refractivity contribution >= 4 is 23.5 Å². The van der Waals surface area contributed by atoms with Crippen LogP contribution < -0.4 is 10.2 Å². The fraction of sp³-hybridized carbons (Fsp3) is 0.389. The van der Waals surface area contributed by atoms with Gasteiger partial charge >= 0.3 is 0 Å². The highest BCUT2D eigenvalue weighted by Crippen LogP contribution is 2.22. The van der Waals surface area contributed by atoms with Gasteiger partial charge in [-0.1, -0.05) is 30.3 Å². The summed E-state index contributed by atoms with van der Waals surface area (Å²) in [4.78, 5) is 25.0. The van der Waals surface area contributed by atoms with Crippen molar-refractivity contribution < 1.29 is 4.79 Å². The molecule has 2 aromatic rings. The van der Waals surface area contributed by atoms with Gasteiger partial charge in [-0.25, -0.2) is 4.98 Å². The van der Waals surface area contributed by atoms with Crippen molar-refractivity contribution in [3.05, 3.63) is 48.3 Å². The fourth-order valence-electron chi connectivity index (χ4n) is 2.71. The minimum atomic E-state index is 0.0625. The first-order valence-corrected chi connectivity index (χ1v) is 9.40. The van der Waals surface area contributed by atoms with Crippen LogP contribution in [0.5, 0.6) is 0 Å². The molecule has 0 radical (unpaired) electrons. The molecule has 132 valence electrons. The number of thioether (sulfide) groups is 1. The lowest BCUT2D eigenvalue weighted by Gasteiger charge is -2.34. The van der Waals surface area contributed by atoms with E-state index in [1.54, 1.807) is 18.8 Å². The first kappa shape index (κ1) is 17.7. The Hall–Kier alpha value is -2.12. The van der Waals surface area contributed by atoms with Gasteiger partial charge < -0.3 is 10.2 Å². The minimum Gasteiger partial charge on any atom is -0.358 e. The molecule has 1 aliphatic rings. The molecule has 2 heterocycles. The molecule has 1 aromatic carbocycles. The second-order valence-corrected chi connectivity index (χ2v) is 6.92. The summed E-state index contributed by atoms with van der Waals surface area (Å²) in [5.74, 6) is 1.86. The van der Waals surface area contributed by atoms with Gasteiger partial charge in [0, 0.05) is 39.0 Å². The highest BCUT2D eigenvalue weighted by atomic mass is 32.2. The molecule has 1 saturated heterocycles. The molecule has 0 spiro atoms. The summed E-state index contributed by atoms with van der Waals surface area (Å²) < 4.78 is 0. The molecule has 3 rings (SSSR count). The number of nitrogens with zero attached hydrogens (tertiary/aromatic N) is 4. The molecular formula is C18H23N5OS. The van der Waals surface area contributed by atoms with Gasteiger partial charge in [0.1, 0.15) is 10.8 Å². The van der Waals surface area contributed by atoms with E-state index in [0.29, 0.717) is 6.54 Å².